The van der Waals surface area contributed by atoms with Crippen LogP contribution in [0.3, 0.4) is 0 Å². The molecule has 1 unspecified atom stereocenters. The van der Waals surface area contributed by atoms with Gasteiger partial charge >= 0.3 is 5.91 Å². The van der Waals surface area contributed by atoms with E-state index in [4.69, 9.17) is 0 Å². The van der Waals surface area contributed by atoms with E-state index >= 15 is 0 Å². The number of Topliss-reactive ketones (excluding diaryl/α,β-unsaturated/α-hetero) is 1. The molecule has 2 heterocycles. The first-order valence-corrected chi connectivity index (χ1v) is 8.94. The molecule has 0 radical (unpaired) electrons. The first kappa shape index (κ1) is 17.9. The Bertz CT molecular complexity index is 1080. The van der Waals surface area contributed by atoms with Crippen molar-refractivity contribution in [2.24, 2.45) is 0 Å². The van der Waals surface area contributed by atoms with Crippen LogP contribution >= 0.6 is 11.3 Å². The number of hydrogen-bond acceptors (Lipinski definition) is 6. The Hall–Kier alpha value is -3.46. The first-order valence-electron chi connectivity index (χ1n) is 8.06. The Balaban J connectivity index is 1.93. The quantitative estimate of drug-likeness (QED) is 0.414. The third-order valence-electron chi connectivity index (χ3n) is 4.30. The van der Waals surface area contributed by atoms with Gasteiger partial charge in [0.1, 0.15) is 22.9 Å². The van der Waals surface area contributed by atoms with E-state index in [1.807, 2.05) is 0 Å². The Morgan fingerprint density at radius 2 is 1.61 bits per heavy atom. The van der Waals surface area contributed by atoms with Gasteiger partial charge in [-0.05, 0) is 42.0 Å². The number of benzene rings is 2. The molecule has 3 aromatic rings. The third kappa shape index (κ3) is 2.95. The molecule has 6 nitrogen and oxygen atoms in total. The Morgan fingerprint density at radius 3 is 2.18 bits per heavy atom. The smallest absolute Gasteiger partial charge is 0.301 e. The zero-order valence-electron chi connectivity index (χ0n) is 14.0. The molecule has 1 aliphatic rings. The molecule has 0 aliphatic carbocycles. The van der Waals surface area contributed by atoms with Crippen molar-refractivity contribution in [2.75, 3.05) is 4.90 Å². The standard InChI is InChI=1S/C19H11F2N3O3S/c20-12-5-1-10(2-6-12)15-14(16(25)11-3-7-13(21)8-4-11)17(26)18(27)24(15)19-23-22-9-28-19/h1-9,15,25H/b16-14-. The number of carbonyl (C=O) groups is 2. The van der Waals surface area contributed by atoms with Crippen LogP contribution in [0.5, 0.6) is 0 Å². The van der Waals surface area contributed by atoms with Crippen molar-refractivity contribution in [2.45, 2.75) is 6.04 Å². The molecule has 2 aromatic carbocycles. The minimum absolute atomic E-state index is 0.162. The fourth-order valence-corrected chi connectivity index (χ4v) is 3.61. The van der Waals surface area contributed by atoms with Crippen LogP contribution in [-0.2, 0) is 9.59 Å². The van der Waals surface area contributed by atoms with E-state index in [2.05, 4.69) is 10.2 Å². The van der Waals surface area contributed by atoms with Gasteiger partial charge in [-0.1, -0.05) is 23.5 Å². The van der Waals surface area contributed by atoms with Crippen molar-refractivity contribution in [1.82, 2.24) is 10.2 Å². The largest absolute Gasteiger partial charge is 0.507 e. The average molecular weight is 399 g/mol. The van der Waals surface area contributed by atoms with Gasteiger partial charge in [0.15, 0.2) is 0 Å². The zero-order chi connectivity index (χ0) is 19.8. The summed E-state index contributed by atoms with van der Waals surface area (Å²) < 4.78 is 26.6. The van der Waals surface area contributed by atoms with Crippen LogP contribution in [0, 0.1) is 11.6 Å². The number of rotatable bonds is 3. The van der Waals surface area contributed by atoms with Crippen molar-refractivity contribution in [1.29, 1.82) is 0 Å². The number of halogens is 2. The van der Waals surface area contributed by atoms with Gasteiger partial charge in [0, 0.05) is 5.56 Å². The van der Waals surface area contributed by atoms with Crippen LogP contribution in [-0.4, -0.2) is 27.0 Å². The molecule has 0 bridgehead atoms. The summed E-state index contributed by atoms with van der Waals surface area (Å²) in [5.41, 5.74) is 1.78. The Kier molecular flexibility index (Phi) is 4.44. The van der Waals surface area contributed by atoms with Crippen LogP contribution in [0.4, 0.5) is 13.9 Å². The minimum Gasteiger partial charge on any atom is -0.507 e. The van der Waals surface area contributed by atoms with Gasteiger partial charge in [-0.15, -0.1) is 10.2 Å². The summed E-state index contributed by atoms with van der Waals surface area (Å²) in [6.07, 6.45) is 0. The lowest BCUT2D eigenvalue weighted by atomic mass is 9.95. The minimum atomic E-state index is -1.03. The molecule has 4 rings (SSSR count). The second-order valence-electron chi connectivity index (χ2n) is 5.95. The molecular formula is C19H11F2N3O3S. The predicted octanol–water partition coefficient (Wildman–Crippen LogP) is 3.44. The van der Waals surface area contributed by atoms with E-state index in [-0.39, 0.29) is 16.3 Å². The summed E-state index contributed by atoms with van der Waals surface area (Å²) in [6.45, 7) is 0. The van der Waals surface area contributed by atoms with Crippen molar-refractivity contribution in [3.8, 4) is 0 Å². The second kappa shape index (κ2) is 6.93. The molecule has 1 aromatic heterocycles. The van der Waals surface area contributed by atoms with Crippen LogP contribution < -0.4 is 4.90 Å². The van der Waals surface area contributed by atoms with Gasteiger partial charge < -0.3 is 5.11 Å². The maximum absolute atomic E-state index is 13.4. The number of hydrogen-bond donors (Lipinski definition) is 1. The molecular weight excluding hydrogens is 388 g/mol. The number of aromatic nitrogens is 2. The molecule has 0 saturated carbocycles. The molecule has 28 heavy (non-hydrogen) atoms. The van der Waals surface area contributed by atoms with Gasteiger partial charge in [0.25, 0.3) is 5.78 Å². The molecule has 1 fully saturated rings. The van der Waals surface area contributed by atoms with Crippen molar-refractivity contribution >= 4 is 33.9 Å². The summed E-state index contributed by atoms with van der Waals surface area (Å²) in [5.74, 6) is -3.28. The number of amides is 1. The highest BCUT2D eigenvalue weighted by Gasteiger charge is 2.48. The predicted molar refractivity (Wildman–Crippen MR) is 97.5 cm³/mol. The van der Waals surface area contributed by atoms with Gasteiger partial charge in [0.05, 0.1) is 11.6 Å². The maximum Gasteiger partial charge on any atom is 0.301 e. The van der Waals surface area contributed by atoms with E-state index in [0.29, 0.717) is 5.56 Å². The summed E-state index contributed by atoms with van der Waals surface area (Å²) in [7, 11) is 0. The van der Waals surface area contributed by atoms with Gasteiger partial charge in [-0.25, -0.2) is 8.78 Å². The average Bonchev–Trinajstić information content (AvgIpc) is 3.30. The second-order valence-corrected chi connectivity index (χ2v) is 6.76. The molecule has 140 valence electrons. The van der Waals surface area contributed by atoms with E-state index in [1.165, 1.54) is 41.9 Å². The van der Waals surface area contributed by atoms with Crippen molar-refractivity contribution in [3.63, 3.8) is 0 Å². The summed E-state index contributed by atoms with van der Waals surface area (Å²) >= 11 is 1.04. The number of nitrogens with zero attached hydrogens (tertiary/aromatic N) is 3. The van der Waals surface area contributed by atoms with E-state index < -0.39 is 35.1 Å². The van der Waals surface area contributed by atoms with Crippen LogP contribution in [0.15, 0.2) is 59.6 Å². The normalized spacial score (nSPS) is 18.6. The highest BCUT2D eigenvalue weighted by atomic mass is 32.1. The van der Waals surface area contributed by atoms with Crippen molar-refractivity contribution in [3.05, 3.63) is 82.4 Å². The van der Waals surface area contributed by atoms with Crippen LogP contribution in [0.2, 0.25) is 0 Å². The summed E-state index contributed by atoms with van der Waals surface area (Å²) in [4.78, 5) is 26.5. The Morgan fingerprint density at radius 1 is 1.00 bits per heavy atom. The Labute approximate surface area is 161 Å². The number of aliphatic hydroxyl groups excluding tert-OH is 1. The molecule has 1 atom stereocenters. The number of aliphatic hydroxyl groups is 1. The maximum atomic E-state index is 13.4. The van der Waals surface area contributed by atoms with Gasteiger partial charge in [0.2, 0.25) is 5.13 Å². The molecule has 0 spiro atoms. The van der Waals surface area contributed by atoms with Crippen LogP contribution in [0.25, 0.3) is 5.76 Å². The van der Waals surface area contributed by atoms with E-state index in [1.54, 1.807) is 0 Å². The molecule has 1 saturated heterocycles. The fourth-order valence-electron chi connectivity index (χ4n) is 3.03. The van der Waals surface area contributed by atoms with Crippen molar-refractivity contribution < 1.29 is 23.5 Å². The zero-order valence-corrected chi connectivity index (χ0v) is 14.9. The SMILES string of the molecule is O=C1C(=O)N(c2nncs2)C(c2ccc(F)cc2)/C1=C(/O)c1ccc(F)cc1. The molecule has 1 N–H and O–H groups in total. The number of carbonyl (C=O) groups excluding carboxylic acids is 2. The topological polar surface area (TPSA) is 83.4 Å². The summed E-state index contributed by atoms with van der Waals surface area (Å²) in [6, 6.07) is 9.02. The monoisotopic (exact) mass is 399 g/mol. The highest BCUT2D eigenvalue weighted by molar-refractivity contribution is 7.13. The number of ketones is 1. The molecule has 1 amide bonds. The van der Waals surface area contributed by atoms with Gasteiger partial charge in [-0.3, -0.25) is 14.5 Å². The first-order chi connectivity index (χ1) is 13.5. The lowest BCUT2D eigenvalue weighted by Gasteiger charge is -2.22. The molecule has 1 aliphatic heterocycles. The summed E-state index contributed by atoms with van der Waals surface area (Å²) in [5, 5.41) is 18.5. The lowest BCUT2D eigenvalue weighted by molar-refractivity contribution is -0.132. The highest BCUT2D eigenvalue weighted by Crippen LogP contribution is 2.42. The molecule has 9 heteroatoms. The van der Waals surface area contributed by atoms with E-state index in [9.17, 15) is 23.5 Å². The number of anilines is 1. The van der Waals surface area contributed by atoms with E-state index in [0.717, 1.165) is 28.4 Å². The fraction of sp³-hybridized carbons (Fsp3) is 0.0526. The van der Waals surface area contributed by atoms with Crippen LogP contribution in [0.1, 0.15) is 17.2 Å². The third-order valence-corrected chi connectivity index (χ3v) is 4.99. The van der Waals surface area contributed by atoms with Gasteiger partial charge in [-0.2, -0.15) is 0 Å². The lowest BCUT2D eigenvalue weighted by Crippen LogP contribution is -2.29.